The maximum atomic E-state index is 3.46. The van der Waals surface area contributed by atoms with Gasteiger partial charge in [-0.05, 0) is 0 Å². The summed E-state index contributed by atoms with van der Waals surface area (Å²) in [5.41, 5.74) is 0. The standard InChI is InChI=1S/C7H13NSi/c9-7-3-6-8-4-1-2-5-8/h4H,1-3,5-7H2/q+1. The fourth-order valence-corrected chi connectivity index (χ4v) is 1.30. The number of nitrogens with zero attached hydrogens (tertiary/aromatic N) is 1. The van der Waals surface area contributed by atoms with E-state index in [0.717, 1.165) is 6.04 Å². The van der Waals surface area contributed by atoms with E-state index in [9.17, 15) is 0 Å². The molecule has 0 saturated heterocycles. The minimum atomic E-state index is 1.13. The van der Waals surface area contributed by atoms with E-state index in [-0.39, 0.29) is 0 Å². The van der Waals surface area contributed by atoms with Crippen LogP contribution >= 0.6 is 0 Å². The molecule has 0 spiro atoms. The minimum Gasteiger partial charge on any atom is -0.240 e. The Morgan fingerprint density at radius 2 is 2.44 bits per heavy atom. The lowest BCUT2D eigenvalue weighted by molar-refractivity contribution is -0.515. The van der Waals surface area contributed by atoms with Crippen LogP contribution in [0, 0.1) is 0 Å². The molecule has 0 N–H and O–H groups in total. The van der Waals surface area contributed by atoms with E-state index in [2.05, 4.69) is 21.0 Å². The van der Waals surface area contributed by atoms with Crippen LogP contribution in [-0.4, -0.2) is 34.1 Å². The smallest absolute Gasteiger partial charge is 0.143 e. The van der Waals surface area contributed by atoms with E-state index < -0.39 is 0 Å². The highest BCUT2D eigenvalue weighted by atomic mass is 28.1. The third kappa shape index (κ3) is 2.31. The van der Waals surface area contributed by atoms with Crippen molar-refractivity contribution in [3.63, 3.8) is 0 Å². The summed E-state index contributed by atoms with van der Waals surface area (Å²) in [4.78, 5) is 0. The largest absolute Gasteiger partial charge is 0.240 e. The lowest BCUT2D eigenvalue weighted by atomic mass is 10.4. The molecule has 0 fully saturated rings. The van der Waals surface area contributed by atoms with Gasteiger partial charge in [0.2, 0.25) is 0 Å². The first-order valence-corrected chi connectivity index (χ1v) is 4.36. The second kappa shape index (κ2) is 3.83. The van der Waals surface area contributed by atoms with Crippen molar-refractivity contribution in [1.29, 1.82) is 0 Å². The first-order valence-electron chi connectivity index (χ1n) is 3.65. The molecule has 0 aromatic carbocycles. The maximum Gasteiger partial charge on any atom is 0.143 e. The minimum absolute atomic E-state index is 1.13. The molecule has 1 rings (SSSR count). The van der Waals surface area contributed by atoms with E-state index in [4.69, 9.17) is 0 Å². The second-order valence-electron chi connectivity index (χ2n) is 2.46. The van der Waals surface area contributed by atoms with Gasteiger partial charge in [0, 0.05) is 29.5 Å². The maximum absolute atomic E-state index is 3.46. The van der Waals surface area contributed by atoms with Crippen molar-refractivity contribution in [2.75, 3.05) is 13.1 Å². The van der Waals surface area contributed by atoms with Gasteiger partial charge in [-0.3, -0.25) is 0 Å². The number of hydrogen-bond donors (Lipinski definition) is 0. The SMILES string of the molecule is [Si]CCC[N+]1=CCCC1. The molecule has 0 bridgehead atoms. The highest BCUT2D eigenvalue weighted by Crippen LogP contribution is 1.97. The summed E-state index contributed by atoms with van der Waals surface area (Å²) in [5.74, 6) is 0. The average Bonchev–Trinajstić information content (AvgIpc) is 2.34. The van der Waals surface area contributed by atoms with Crippen LogP contribution in [0.5, 0.6) is 0 Å². The van der Waals surface area contributed by atoms with Crippen molar-refractivity contribution in [3.05, 3.63) is 0 Å². The van der Waals surface area contributed by atoms with Gasteiger partial charge < -0.3 is 0 Å². The molecule has 0 aromatic heterocycles. The molecule has 0 saturated carbocycles. The Hall–Kier alpha value is -0.113. The predicted molar refractivity (Wildman–Crippen MR) is 40.5 cm³/mol. The Balaban J connectivity index is 2.11. The molecule has 2 heteroatoms. The van der Waals surface area contributed by atoms with Crippen molar-refractivity contribution in [1.82, 2.24) is 0 Å². The van der Waals surface area contributed by atoms with Crippen LogP contribution in [-0.2, 0) is 0 Å². The van der Waals surface area contributed by atoms with Gasteiger partial charge in [0.25, 0.3) is 0 Å². The van der Waals surface area contributed by atoms with Gasteiger partial charge in [-0.15, -0.1) is 0 Å². The summed E-state index contributed by atoms with van der Waals surface area (Å²) in [6, 6.07) is 1.13. The van der Waals surface area contributed by atoms with Crippen molar-refractivity contribution in [2.24, 2.45) is 0 Å². The molecular weight excluding hydrogens is 126 g/mol. The van der Waals surface area contributed by atoms with Gasteiger partial charge in [0.15, 0.2) is 0 Å². The summed E-state index contributed by atoms with van der Waals surface area (Å²) < 4.78 is 2.42. The monoisotopic (exact) mass is 139 g/mol. The zero-order valence-corrected chi connectivity index (χ0v) is 6.77. The molecule has 9 heavy (non-hydrogen) atoms. The van der Waals surface area contributed by atoms with Crippen LogP contribution in [0.15, 0.2) is 0 Å². The van der Waals surface area contributed by atoms with E-state index in [1.807, 2.05) is 0 Å². The molecule has 0 aromatic rings. The Morgan fingerprint density at radius 1 is 1.56 bits per heavy atom. The quantitative estimate of drug-likeness (QED) is 0.403. The highest BCUT2D eigenvalue weighted by molar-refractivity contribution is 6.08. The number of rotatable bonds is 3. The molecule has 0 aliphatic carbocycles. The van der Waals surface area contributed by atoms with Crippen LogP contribution in [0.4, 0.5) is 0 Å². The third-order valence-corrected chi connectivity index (χ3v) is 2.01. The topological polar surface area (TPSA) is 3.01 Å². The molecule has 49 valence electrons. The molecular formula is C7H13NSi+. The lowest BCUT2D eigenvalue weighted by Gasteiger charge is -1.93. The zero-order chi connectivity index (χ0) is 6.53. The van der Waals surface area contributed by atoms with E-state index in [1.54, 1.807) is 0 Å². The van der Waals surface area contributed by atoms with E-state index >= 15 is 0 Å². The van der Waals surface area contributed by atoms with Gasteiger partial charge in [0.05, 0.1) is 0 Å². The van der Waals surface area contributed by atoms with Crippen molar-refractivity contribution in [2.45, 2.75) is 25.3 Å². The van der Waals surface area contributed by atoms with Gasteiger partial charge in [-0.1, -0.05) is 6.04 Å². The third-order valence-electron chi connectivity index (χ3n) is 1.66. The Bertz CT molecular complexity index is 109. The van der Waals surface area contributed by atoms with Gasteiger partial charge in [0.1, 0.15) is 19.3 Å². The average molecular weight is 139 g/mol. The van der Waals surface area contributed by atoms with Crippen molar-refractivity contribution in [3.8, 4) is 0 Å². The summed E-state index contributed by atoms with van der Waals surface area (Å²) in [6.45, 7) is 2.52. The molecule has 0 unspecified atom stereocenters. The predicted octanol–water partition coefficient (Wildman–Crippen LogP) is 0.840. The molecule has 1 nitrogen and oxygen atoms in total. The fourth-order valence-electron chi connectivity index (χ4n) is 1.14. The Morgan fingerprint density at radius 3 is 3.00 bits per heavy atom. The fraction of sp³-hybridized carbons (Fsp3) is 0.857. The Labute approximate surface area is 60.2 Å². The van der Waals surface area contributed by atoms with Crippen molar-refractivity contribution < 1.29 is 4.58 Å². The van der Waals surface area contributed by atoms with Crippen LogP contribution in [0.2, 0.25) is 6.04 Å². The number of hydrogen-bond acceptors (Lipinski definition) is 0. The second-order valence-corrected chi connectivity index (χ2v) is 2.96. The van der Waals surface area contributed by atoms with E-state index in [1.165, 1.54) is 32.4 Å². The normalized spacial score (nSPS) is 18.1. The first-order chi connectivity index (χ1) is 4.43. The summed E-state index contributed by atoms with van der Waals surface area (Å²) in [5, 5.41) is 0. The van der Waals surface area contributed by atoms with Crippen LogP contribution in [0.25, 0.3) is 0 Å². The molecule has 0 atom stereocenters. The van der Waals surface area contributed by atoms with Gasteiger partial charge >= 0.3 is 0 Å². The van der Waals surface area contributed by atoms with Gasteiger partial charge in [-0.25, -0.2) is 4.58 Å². The summed E-state index contributed by atoms with van der Waals surface area (Å²) in [6.07, 6.45) is 6.25. The Kier molecular flexibility index (Phi) is 2.98. The molecule has 1 heterocycles. The van der Waals surface area contributed by atoms with Gasteiger partial charge in [-0.2, -0.15) is 0 Å². The zero-order valence-electron chi connectivity index (χ0n) is 5.77. The van der Waals surface area contributed by atoms with Crippen LogP contribution in [0.3, 0.4) is 0 Å². The molecule has 1 aliphatic rings. The molecule has 0 amide bonds. The van der Waals surface area contributed by atoms with Crippen molar-refractivity contribution >= 4 is 16.5 Å². The summed E-state index contributed by atoms with van der Waals surface area (Å²) in [7, 11) is 3.46. The highest BCUT2D eigenvalue weighted by Gasteiger charge is 2.08. The first kappa shape index (κ1) is 7.00. The molecule has 3 radical (unpaired) electrons. The summed E-state index contributed by atoms with van der Waals surface area (Å²) >= 11 is 0. The lowest BCUT2D eigenvalue weighted by Crippen LogP contribution is -2.09. The van der Waals surface area contributed by atoms with E-state index in [0.29, 0.717) is 0 Å². The van der Waals surface area contributed by atoms with Crippen LogP contribution < -0.4 is 0 Å². The molecule has 1 aliphatic heterocycles. The van der Waals surface area contributed by atoms with Crippen LogP contribution in [0.1, 0.15) is 19.3 Å².